The van der Waals surface area contributed by atoms with Crippen molar-refractivity contribution in [1.29, 1.82) is 5.26 Å². The number of nitrogens with one attached hydrogen (secondary N) is 2. The van der Waals surface area contributed by atoms with E-state index in [1.807, 2.05) is 13.0 Å². The summed E-state index contributed by atoms with van der Waals surface area (Å²) in [5.74, 6) is 0. The normalized spacial score (nSPS) is 23.2. The number of piperidine rings is 1. The number of rotatable bonds is 4. The molecule has 0 amide bonds. The number of nitriles is 1. The first-order chi connectivity index (χ1) is 9.53. The highest BCUT2D eigenvalue weighted by Gasteiger charge is 2.26. The van der Waals surface area contributed by atoms with E-state index < -0.39 is 10.0 Å². The van der Waals surface area contributed by atoms with Gasteiger partial charge in [-0.3, -0.25) is 0 Å². The summed E-state index contributed by atoms with van der Waals surface area (Å²) >= 11 is 0. The molecule has 5 nitrogen and oxygen atoms in total. The number of hydrogen-bond acceptors (Lipinski definition) is 4. The van der Waals surface area contributed by atoms with Gasteiger partial charge in [0.2, 0.25) is 10.0 Å². The molecule has 1 aromatic rings. The van der Waals surface area contributed by atoms with E-state index in [2.05, 4.69) is 10.0 Å². The molecule has 2 atom stereocenters. The molecule has 0 spiro atoms. The van der Waals surface area contributed by atoms with Crippen LogP contribution in [0.15, 0.2) is 29.2 Å². The minimum atomic E-state index is -3.50. The molecule has 1 aromatic carbocycles. The monoisotopic (exact) mass is 293 g/mol. The molecule has 108 valence electrons. The van der Waals surface area contributed by atoms with Crippen LogP contribution in [0.5, 0.6) is 0 Å². The second kappa shape index (κ2) is 6.35. The lowest BCUT2D eigenvalue weighted by Gasteiger charge is -2.30. The molecule has 1 fully saturated rings. The van der Waals surface area contributed by atoms with Gasteiger partial charge in [-0.2, -0.15) is 5.26 Å². The molecule has 2 rings (SSSR count). The lowest BCUT2D eigenvalue weighted by atomic mass is 10.0. The molecule has 2 N–H and O–H groups in total. The average molecular weight is 293 g/mol. The van der Waals surface area contributed by atoms with Gasteiger partial charge in [-0.15, -0.1) is 0 Å². The molecule has 0 aliphatic carbocycles. The summed E-state index contributed by atoms with van der Waals surface area (Å²) in [6.45, 7) is 2.92. The summed E-state index contributed by atoms with van der Waals surface area (Å²) in [6.07, 6.45) is 2.11. The third-order valence-electron chi connectivity index (χ3n) is 3.59. The van der Waals surface area contributed by atoms with Crippen molar-refractivity contribution in [3.63, 3.8) is 0 Å². The highest BCUT2D eigenvalue weighted by molar-refractivity contribution is 7.89. The summed E-state index contributed by atoms with van der Waals surface area (Å²) in [6, 6.07) is 8.56. The second-order valence-electron chi connectivity index (χ2n) is 5.09. The average Bonchev–Trinajstić information content (AvgIpc) is 2.42. The van der Waals surface area contributed by atoms with Crippen LogP contribution in [0, 0.1) is 11.3 Å². The molecule has 0 radical (unpaired) electrons. The van der Waals surface area contributed by atoms with Crippen LogP contribution in [-0.4, -0.2) is 27.0 Å². The van der Waals surface area contributed by atoms with Gasteiger partial charge in [-0.1, -0.05) is 12.1 Å². The fourth-order valence-corrected chi connectivity index (χ4v) is 3.70. The topological polar surface area (TPSA) is 82.0 Å². The molecule has 20 heavy (non-hydrogen) atoms. The molecule has 1 aliphatic rings. The predicted octanol–water partition coefficient (Wildman–Crippen LogP) is 1.17. The first-order valence-corrected chi connectivity index (χ1v) is 8.23. The van der Waals surface area contributed by atoms with Crippen LogP contribution in [0.2, 0.25) is 0 Å². The summed E-state index contributed by atoms with van der Waals surface area (Å²) < 4.78 is 27.4. The minimum absolute atomic E-state index is 0.0764. The van der Waals surface area contributed by atoms with E-state index in [9.17, 15) is 8.42 Å². The summed E-state index contributed by atoms with van der Waals surface area (Å²) in [4.78, 5) is 0.247. The molecule has 0 aromatic heterocycles. The van der Waals surface area contributed by atoms with Crippen molar-refractivity contribution in [1.82, 2.24) is 10.0 Å². The number of sulfonamides is 1. The maximum atomic E-state index is 12.3. The second-order valence-corrected chi connectivity index (χ2v) is 6.81. The van der Waals surface area contributed by atoms with Crippen molar-refractivity contribution in [2.24, 2.45) is 0 Å². The van der Waals surface area contributed by atoms with Gasteiger partial charge >= 0.3 is 0 Å². The van der Waals surface area contributed by atoms with Crippen LogP contribution >= 0.6 is 0 Å². The number of nitrogens with zero attached hydrogens (tertiary/aromatic N) is 1. The fourth-order valence-electron chi connectivity index (χ4n) is 2.35. The first-order valence-electron chi connectivity index (χ1n) is 6.74. The lowest BCUT2D eigenvalue weighted by molar-refractivity contribution is 0.349. The zero-order chi connectivity index (χ0) is 14.6. The van der Waals surface area contributed by atoms with E-state index >= 15 is 0 Å². The van der Waals surface area contributed by atoms with E-state index in [0.717, 1.165) is 24.9 Å². The Morgan fingerprint density at radius 3 is 2.70 bits per heavy atom. The van der Waals surface area contributed by atoms with Crippen molar-refractivity contribution in [2.45, 2.75) is 43.2 Å². The van der Waals surface area contributed by atoms with Gasteiger partial charge in [0.05, 0.1) is 17.4 Å². The van der Waals surface area contributed by atoms with Crippen molar-refractivity contribution in [3.8, 4) is 6.07 Å². The van der Waals surface area contributed by atoms with Gasteiger partial charge in [0.1, 0.15) is 0 Å². The Kier molecular flexibility index (Phi) is 4.76. The van der Waals surface area contributed by atoms with Gasteiger partial charge in [-0.25, -0.2) is 13.1 Å². The van der Waals surface area contributed by atoms with E-state index in [1.165, 1.54) is 0 Å². The van der Waals surface area contributed by atoms with Crippen molar-refractivity contribution in [2.75, 3.05) is 6.54 Å². The van der Waals surface area contributed by atoms with E-state index in [-0.39, 0.29) is 23.4 Å². The van der Waals surface area contributed by atoms with Crippen LogP contribution in [0.3, 0.4) is 0 Å². The Morgan fingerprint density at radius 1 is 1.40 bits per heavy atom. The quantitative estimate of drug-likeness (QED) is 0.873. The van der Waals surface area contributed by atoms with Gasteiger partial charge in [-0.05, 0) is 44.0 Å². The molecule has 0 saturated carbocycles. The maximum absolute atomic E-state index is 12.3. The number of benzene rings is 1. The minimum Gasteiger partial charge on any atom is -0.313 e. The summed E-state index contributed by atoms with van der Waals surface area (Å²) in [5, 5.41) is 11.9. The van der Waals surface area contributed by atoms with Gasteiger partial charge in [0, 0.05) is 12.1 Å². The predicted molar refractivity (Wildman–Crippen MR) is 76.6 cm³/mol. The molecule has 1 aliphatic heterocycles. The van der Waals surface area contributed by atoms with Crippen molar-refractivity contribution in [3.05, 3.63) is 29.8 Å². The highest BCUT2D eigenvalue weighted by Crippen LogP contribution is 2.15. The molecule has 2 unspecified atom stereocenters. The first kappa shape index (κ1) is 15.0. The van der Waals surface area contributed by atoms with E-state index in [1.54, 1.807) is 24.3 Å². The molecule has 1 saturated heterocycles. The van der Waals surface area contributed by atoms with Crippen molar-refractivity contribution < 1.29 is 8.42 Å². The lowest BCUT2D eigenvalue weighted by Crippen LogP contribution is -2.51. The maximum Gasteiger partial charge on any atom is 0.240 e. The Labute approximate surface area is 120 Å². The largest absolute Gasteiger partial charge is 0.313 e. The molecule has 1 heterocycles. The van der Waals surface area contributed by atoms with Gasteiger partial charge < -0.3 is 5.32 Å². The zero-order valence-corrected chi connectivity index (χ0v) is 12.3. The molecule has 6 heteroatoms. The van der Waals surface area contributed by atoms with E-state index in [0.29, 0.717) is 0 Å². The van der Waals surface area contributed by atoms with E-state index in [4.69, 9.17) is 5.26 Å². The smallest absolute Gasteiger partial charge is 0.240 e. The van der Waals surface area contributed by atoms with Crippen LogP contribution in [0.1, 0.15) is 25.3 Å². The highest BCUT2D eigenvalue weighted by atomic mass is 32.2. The van der Waals surface area contributed by atoms with Crippen LogP contribution in [0.4, 0.5) is 0 Å². The fraction of sp³-hybridized carbons (Fsp3) is 0.500. The molecular formula is C14H19N3O2S. The third kappa shape index (κ3) is 3.57. The number of hydrogen-bond donors (Lipinski definition) is 2. The Morgan fingerprint density at radius 2 is 2.10 bits per heavy atom. The Balaban J connectivity index is 2.11. The van der Waals surface area contributed by atoms with Crippen LogP contribution in [-0.2, 0) is 16.4 Å². The Hall–Kier alpha value is -1.42. The zero-order valence-electron chi connectivity index (χ0n) is 11.5. The Bertz CT molecular complexity index is 590. The SMILES string of the molecule is CC1NCCCC1NS(=O)(=O)c1ccc(CC#N)cc1. The summed E-state index contributed by atoms with van der Waals surface area (Å²) in [5.41, 5.74) is 0.819. The van der Waals surface area contributed by atoms with Crippen LogP contribution in [0.25, 0.3) is 0 Å². The molecular weight excluding hydrogens is 274 g/mol. The summed E-state index contributed by atoms with van der Waals surface area (Å²) in [7, 11) is -3.50. The third-order valence-corrected chi connectivity index (χ3v) is 5.09. The van der Waals surface area contributed by atoms with Gasteiger partial charge in [0.15, 0.2) is 0 Å². The van der Waals surface area contributed by atoms with Crippen LogP contribution < -0.4 is 10.0 Å². The van der Waals surface area contributed by atoms with Crippen molar-refractivity contribution >= 4 is 10.0 Å². The molecule has 0 bridgehead atoms. The standard InChI is InChI=1S/C14H19N3O2S/c1-11-14(3-2-10-16-11)17-20(18,19)13-6-4-12(5-7-13)8-9-15/h4-7,11,14,16-17H,2-3,8,10H2,1H3. The van der Waals surface area contributed by atoms with Gasteiger partial charge in [0.25, 0.3) is 0 Å².